The van der Waals surface area contributed by atoms with E-state index < -0.39 is 11.4 Å². The van der Waals surface area contributed by atoms with Crippen LogP contribution in [-0.2, 0) is 16.1 Å². The molecule has 0 spiro atoms. The van der Waals surface area contributed by atoms with Crippen LogP contribution in [0, 0.1) is 12.3 Å². The molecule has 1 aromatic heterocycles. The summed E-state index contributed by atoms with van der Waals surface area (Å²) in [7, 11) is 1.47. The standard InChI is InChI=1S/C21H25NO5S/c1-13-6-8-17(26-5)15(10-13)19(24)27-12-16(23)18-9-7-14(28-18)11-22-20(25)21(2,3)4/h6-10H,11-12H2,1-5H3,(H,22,25). The Morgan fingerprint density at radius 2 is 1.82 bits per heavy atom. The Bertz CT molecular complexity index is 879. The Morgan fingerprint density at radius 1 is 1.11 bits per heavy atom. The molecule has 0 aliphatic rings. The van der Waals surface area contributed by atoms with Crippen molar-refractivity contribution in [1.82, 2.24) is 5.32 Å². The number of methoxy groups -OCH3 is 1. The van der Waals surface area contributed by atoms with Crippen LogP contribution in [0.1, 0.15) is 51.2 Å². The van der Waals surface area contributed by atoms with E-state index in [0.717, 1.165) is 10.4 Å². The van der Waals surface area contributed by atoms with Gasteiger partial charge in [-0.3, -0.25) is 9.59 Å². The molecule has 0 aliphatic carbocycles. The van der Waals surface area contributed by atoms with Crippen LogP contribution in [0.2, 0.25) is 0 Å². The van der Waals surface area contributed by atoms with Crippen molar-refractivity contribution in [1.29, 1.82) is 0 Å². The number of hydrogen-bond donors (Lipinski definition) is 1. The molecule has 1 amide bonds. The Hall–Kier alpha value is -2.67. The third-order valence-corrected chi connectivity index (χ3v) is 5.08. The number of thiophene rings is 1. The lowest BCUT2D eigenvalue weighted by molar-refractivity contribution is -0.128. The van der Waals surface area contributed by atoms with Crippen LogP contribution < -0.4 is 10.1 Å². The zero-order valence-corrected chi connectivity index (χ0v) is 17.6. The summed E-state index contributed by atoms with van der Waals surface area (Å²) in [6, 6.07) is 8.63. The van der Waals surface area contributed by atoms with Crippen molar-refractivity contribution < 1.29 is 23.9 Å². The molecule has 2 aromatic rings. The average molecular weight is 404 g/mol. The minimum absolute atomic E-state index is 0.0604. The van der Waals surface area contributed by atoms with Crippen molar-refractivity contribution in [3.05, 3.63) is 51.2 Å². The summed E-state index contributed by atoms with van der Waals surface area (Å²) in [6.07, 6.45) is 0. The van der Waals surface area contributed by atoms with E-state index in [2.05, 4.69) is 5.32 Å². The van der Waals surface area contributed by atoms with Crippen LogP contribution in [0.15, 0.2) is 30.3 Å². The zero-order chi connectivity index (χ0) is 20.9. The summed E-state index contributed by atoms with van der Waals surface area (Å²) in [6.45, 7) is 7.36. The molecule has 0 fully saturated rings. The zero-order valence-electron chi connectivity index (χ0n) is 16.8. The first-order valence-corrected chi connectivity index (χ1v) is 9.65. The lowest BCUT2D eigenvalue weighted by Gasteiger charge is -2.17. The Kier molecular flexibility index (Phi) is 6.96. The number of ether oxygens (including phenoxy) is 2. The van der Waals surface area contributed by atoms with E-state index >= 15 is 0 Å². The molecule has 2 rings (SSSR count). The minimum Gasteiger partial charge on any atom is -0.496 e. The quantitative estimate of drug-likeness (QED) is 0.562. The van der Waals surface area contributed by atoms with E-state index in [0.29, 0.717) is 17.2 Å². The predicted octanol–water partition coefficient (Wildman–Crippen LogP) is 3.77. The first-order chi connectivity index (χ1) is 13.1. The topological polar surface area (TPSA) is 81.7 Å². The van der Waals surface area contributed by atoms with Crippen molar-refractivity contribution in [2.24, 2.45) is 5.41 Å². The number of carbonyl (C=O) groups excluding carboxylic acids is 3. The van der Waals surface area contributed by atoms with Crippen LogP contribution in [0.3, 0.4) is 0 Å². The largest absolute Gasteiger partial charge is 0.496 e. The summed E-state index contributed by atoms with van der Waals surface area (Å²) >= 11 is 1.27. The molecular weight excluding hydrogens is 378 g/mol. The highest BCUT2D eigenvalue weighted by atomic mass is 32.1. The fraction of sp³-hybridized carbons (Fsp3) is 0.381. The molecule has 0 saturated carbocycles. The maximum Gasteiger partial charge on any atom is 0.342 e. The van der Waals surface area contributed by atoms with Crippen molar-refractivity contribution in [3.63, 3.8) is 0 Å². The maximum absolute atomic E-state index is 12.3. The number of rotatable bonds is 7. The van der Waals surface area contributed by atoms with E-state index in [1.807, 2.05) is 33.8 Å². The monoisotopic (exact) mass is 403 g/mol. The summed E-state index contributed by atoms with van der Waals surface area (Å²) in [5, 5.41) is 2.84. The summed E-state index contributed by atoms with van der Waals surface area (Å²) < 4.78 is 10.3. The van der Waals surface area contributed by atoms with Gasteiger partial charge in [0.1, 0.15) is 11.3 Å². The second kappa shape index (κ2) is 9.01. The highest BCUT2D eigenvalue weighted by molar-refractivity contribution is 7.14. The van der Waals surface area contributed by atoms with Gasteiger partial charge in [-0.1, -0.05) is 32.4 Å². The summed E-state index contributed by atoms with van der Waals surface area (Å²) in [4.78, 5) is 37.9. The Balaban J connectivity index is 1.94. The van der Waals surface area contributed by atoms with Crippen molar-refractivity contribution >= 4 is 29.0 Å². The van der Waals surface area contributed by atoms with Gasteiger partial charge in [0.05, 0.1) is 18.5 Å². The highest BCUT2D eigenvalue weighted by Gasteiger charge is 2.21. The average Bonchev–Trinajstić information content (AvgIpc) is 3.12. The highest BCUT2D eigenvalue weighted by Crippen LogP contribution is 2.22. The summed E-state index contributed by atoms with van der Waals surface area (Å²) in [5.41, 5.74) is 0.701. The molecule has 0 radical (unpaired) electrons. The van der Waals surface area contributed by atoms with E-state index in [1.54, 1.807) is 24.3 Å². The maximum atomic E-state index is 12.3. The first kappa shape index (κ1) is 21.6. The summed E-state index contributed by atoms with van der Waals surface area (Å²) in [5.74, 6) is -0.563. The van der Waals surface area contributed by atoms with Gasteiger partial charge in [0.2, 0.25) is 11.7 Å². The second-order valence-corrected chi connectivity index (χ2v) is 8.57. The van der Waals surface area contributed by atoms with E-state index in [1.165, 1.54) is 18.4 Å². The molecule has 1 heterocycles. The van der Waals surface area contributed by atoms with Gasteiger partial charge in [0, 0.05) is 10.3 Å². The molecule has 1 N–H and O–H groups in total. The minimum atomic E-state index is -0.608. The van der Waals surface area contributed by atoms with Crippen molar-refractivity contribution in [3.8, 4) is 5.75 Å². The lowest BCUT2D eigenvalue weighted by Crippen LogP contribution is -2.34. The number of amides is 1. The van der Waals surface area contributed by atoms with Crippen molar-refractivity contribution in [2.75, 3.05) is 13.7 Å². The van der Waals surface area contributed by atoms with Gasteiger partial charge in [-0.15, -0.1) is 11.3 Å². The van der Waals surface area contributed by atoms with Gasteiger partial charge in [0.25, 0.3) is 0 Å². The smallest absolute Gasteiger partial charge is 0.342 e. The second-order valence-electron chi connectivity index (χ2n) is 7.40. The van der Waals surface area contributed by atoms with Crippen LogP contribution >= 0.6 is 11.3 Å². The fourth-order valence-electron chi connectivity index (χ4n) is 2.32. The molecule has 0 bridgehead atoms. The molecule has 150 valence electrons. The van der Waals surface area contributed by atoms with E-state index in [9.17, 15) is 14.4 Å². The number of benzene rings is 1. The number of Topliss-reactive ketones (excluding diaryl/α,β-unsaturated/α-hetero) is 1. The third kappa shape index (κ3) is 5.66. The van der Waals surface area contributed by atoms with Crippen LogP contribution in [0.5, 0.6) is 5.75 Å². The number of aryl methyl sites for hydroxylation is 1. The third-order valence-electron chi connectivity index (χ3n) is 3.95. The van der Waals surface area contributed by atoms with Gasteiger partial charge in [-0.2, -0.15) is 0 Å². The lowest BCUT2D eigenvalue weighted by atomic mass is 9.96. The van der Waals surface area contributed by atoms with E-state index in [-0.39, 0.29) is 23.9 Å². The molecular formula is C21H25NO5S. The molecule has 7 heteroatoms. The van der Waals surface area contributed by atoms with Gasteiger partial charge >= 0.3 is 5.97 Å². The Labute approximate surface area is 168 Å². The molecule has 0 aliphatic heterocycles. The van der Waals surface area contributed by atoms with E-state index in [4.69, 9.17) is 9.47 Å². The number of carbonyl (C=O) groups is 3. The van der Waals surface area contributed by atoms with Crippen molar-refractivity contribution in [2.45, 2.75) is 34.2 Å². The van der Waals surface area contributed by atoms with Crippen LogP contribution in [-0.4, -0.2) is 31.4 Å². The van der Waals surface area contributed by atoms with Gasteiger partial charge in [-0.05, 0) is 31.2 Å². The number of nitrogens with one attached hydrogen (secondary N) is 1. The Morgan fingerprint density at radius 3 is 2.46 bits per heavy atom. The number of esters is 1. The van der Waals surface area contributed by atoms with Crippen LogP contribution in [0.4, 0.5) is 0 Å². The fourth-order valence-corrected chi connectivity index (χ4v) is 3.19. The van der Waals surface area contributed by atoms with Crippen LogP contribution in [0.25, 0.3) is 0 Å². The van der Waals surface area contributed by atoms with Gasteiger partial charge in [-0.25, -0.2) is 4.79 Å². The predicted molar refractivity (Wildman–Crippen MR) is 108 cm³/mol. The van der Waals surface area contributed by atoms with Gasteiger partial charge < -0.3 is 14.8 Å². The molecule has 0 atom stereocenters. The number of ketones is 1. The molecule has 0 saturated heterocycles. The molecule has 28 heavy (non-hydrogen) atoms. The first-order valence-electron chi connectivity index (χ1n) is 8.84. The SMILES string of the molecule is COc1ccc(C)cc1C(=O)OCC(=O)c1ccc(CNC(=O)C(C)(C)C)s1. The molecule has 1 aromatic carbocycles. The van der Waals surface area contributed by atoms with Gasteiger partial charge in [0.15, 0.2) is 6.61 Å². The normalized spacial score (nSPS) is 11.0. The molecule has 6 nitrogen and oxygen atoms in total. The molecule has 0 unspecified atom stereocenters. The number of hydrogen-bond acceptors (Lipinski definition) is 6.